The molecule has 1 amide bonds. The van der Waals surface area contributed by atoms with Crippen LogP contribution in [-0.4, -0.2) is 22.5 Å². The Bertz CT molecular complexity index is 640. The minimum Gasteiger partial charge on any atom is -0.508 e. The second kappa shape index (κ2) is 5.33. The van der Waals surface area contributed by atoms with Crippen LogP contribution in [0.1, 0.15) is 28.9 Å². The van der Waals surface area contributed by atoms with Gasteiger partial charge in [0.25, 0.3) is 5.91 Å². The van der Waals surface area contributed by atoms with Crippen molar-refractivity contribution in [2.75, 3.05) is 11.4 Å². The fourth-order valence-electron chi connectivity index (χ4n) is 2.58. The molecule has 0 bridgehead atoms. The van der Waals surface area contributed by atoms with Crippen molar-refractivity contribution in [3.05, 3.63) is 53.9 Å². The molecule has 1 aromatic heterocycles. The molecule has 0 radical (unpaired) electrons. The number of aryl methyl sites for hydroxylation is 1. The molecule has 0 spiro atoms. The molecular formula is C16H16N2O2. The topological polar surface area (TPSA) is 53.4 Å². The number of aromatic hydroxyl groups is 1. The number of hydrogen-bond donors (Lipinski definition) is 1. The van der Waals surface area contributed by atoms with Crippen LogP contribution in [0, 0.1) is 0 Å². The van der Waals surface area contributed by atoms with E-state index in [1.54, 1.807) is 4.90 Å². The van der Waals surface area contributed by atoms with Gasteiger partial charge in [-0.15, -0.1) is 0 Å². The molecule has 0 fully saturated rings. The van der Waals surface area contributed by atoms with Crippen LogP contribution >= 0.6 is 0 Å². The lowest BCUT2D eigenvalue weighted by Gasteiger charge is -2.22. The van der Waals surface area contributed by atoms with Gasteiger partial charge in [0.05, 0.1) is 0 Å². The Morgan fingerprint density at radius 3 is 2.90 bits per heavy atom. The van der Waals surface area contributed by atoms with E-state index in [0.717, 1.165) is 24.9 Å². The van der Waals surface area contributed by atoms with E-state index >= 15 is 0 Å². The molecular weight excluding hydrogens is 252 g/mol. The summed E-state index contributed by atoms with van der Waals surface area (Å²) in [6.45, 7) is 0.688. The third-order valence-corrected chi connectivity index (χ3v) is 3.57. The van der Waals surface area contributed by atoms with Gasteiger partial charge >= 0.3 is 0 Å². The van der Waals surface area contributed by atoms with Crippen molar-refractivity contribution >= 4 is 11.6 Å². The Labute approximate surface area is 117 Å². The van der Waals surface area contributed by atoms with Crippen molar-refractivity contribution in [3.63, 3.8) is 0 Å². The fourth-order valence-corrected chi connectivity index (χ4v) is 2.58. The van der Waals surface area contributed by atoms with E-state index in [4.69, 9.17) is 0 Å². The summed E-state index contributed by atoms with van der Waals surface area (Å²) < 4.78 is 0. The quantitative estimate of drug-likeness (QED) is 0.865. The SMILES string of the molecule is O=C(c1cc(O)ccn1)N1CCCCc2ccccc21. The van der Waals surface area contributed by atoms with Crippen LogP contribution in [0.4, 0.5) is 5.69 Å². The molecule has 20 heavy (non-hydrogen) atoms. The Balaban J connectivity index is 1.99. The van der Waals surface area contributed by atoms with Crippen molar-refractivity contribution < 1.29 is 9.90 Å². The van der Waals surface area contributed by atoms with Gasteiger partial charge < -0.3 is 10.0 Å². The number of para-hydroxylation sites is 1. The first kappa shape index (κ1) is 12.7. The molecule has 1 aliphatic rings. The van der Waals surface area contributed by atoms with Gasteiger partial charge in [-0.2, -0.15) is 0 Å². The number of amides is 1. The second-order valence-electron chi connectivity index (χ2n) is 4.94. The number of rotatable bonds is 1. The molecule has 0 atom stereocenters. The Morgan fingerprint density at radius 1 is 1.20 bits per heavy atom. The molecule has 1 N–H and O–H groups in total. The standard InChI is InChI=1S/C16H16N2O2/c19-13-8-9-17-14(11-13)16(20)18-10-4-3-6-12-5-1-2-7-15(12)18/h1-2,5,7-9,11H,3-4,6,10H2,(H,17,19). The van der Waals surface area contributed by atoms with Crippen molar-refractivity contribution in [2.45, 2.75) is 19.3 Å². The average Bonchev–Trinajstić information content (AvgIpc) is 2.69. The summed E-state index contributed by atoms with van der Waals surface area (Å²) in [6, 6.07) is 10.9. The van der Waals surface area contributed by atoms with Gasteiger partial charge in [-0.25, -0.2) is 0 Å². The lowest BCUT2D eigenvalue weighted by molar-refractivity contribution is 0.0981. The van der Waals surface area contributed by atoms with Crippen molar-refractivity contribution in [1.82, 2.24) is 4.98 Å². The normalized spacial score (nSPS) is 14.5. The van der Waals surface area contributed by atoms with Gasteiger partial charge in [0.2, 0.25) is 0 Å². The zero-order valence-corrected chi connectivity index (χ0v) is 11.1. The van der Waals surface area contributed by atoms with Crippen LogP contribution in [0.5, 0.6) is 5.75 Å². The number of hydrogen-bond acceptors (Lipinski definition) is 3. The molecule has 4 heteroatoms. The van der Waals surface area contributed by atoms with Crippen molar-refractivity contribution in [3.8, 4) is 5.75 Å². The van der Waals surface area contributed by atoms with Gasteiger partial charge in [-0.1, -0.05) is 18.2 Å². The third-order valence-electron chi connectivity index (χ3n) is 3.57. The molecule has 3 rings (SSSR count). The summed E-state index contributed by atoms with van der Waals surface area (Å²) in [6.07, 6.45) is 4.49. The zero-order chi connectivity index (χ0) is 13.9. The first-order valence-electron chi connectivity index (χ1n) is 6.80. The maximum Gasteiger partial charge on any atom is 0.277 e. The lowest BCUT2D eigenvalue weighted by atomic mass is 10.1. The number of fused-ring (bicyclic) bond motifs is 1. The van der Waals surface area contributed by atoms with E-state index < -0.39 is 0 Å². The third kappa shape index (κ3) is 2.37. The number of benzene rings is 1. The average molecular weight is 268 g/mol. The highest BCUT2D eigenvalue weighted by Crippen LogP contribution is 2.27. The summed E-state index contributed by atoms with van der Waals surface area (Å²) in [7, 11) is 0. The lowest BCUT2D eigenvalue weighted by Crippen LogP contribution is -2.32. The fraction of sp³-hybridized carbons (Fsp3) is 0.250. The van der Waals surface area contributed by atoms with E-state index in [-0.39, 0.29) is 17.4 Å². The molecule has 4 nitrogen and oxygen atoms in total. The Kier molecular flexibility index (Phi) is 3.37. The van der Waals surface area contributed by atoms with Crippen molar-refractivity contribution in [1.29, 1.82) is 0 Å². The van der Waals surface area contributed by atoms with E-state index in [1.807, 2.05) is 18.2 Å². The molecule has 102 valence electrons. The van der Waals surface area contributed by atoms with Crippen LogP contribution in [0.15, 0.2) is 42.6 Å². The maximum atomic E-state index is 12.6. The summed E-state index contributed by atoms with van der Waals surface area (Å²) in [4.78, 5) is 18.5. The highest BCUT2D eigenvalue weighted by Gasteiger charge is 2.23. The molecule has 0 aliphatic carbocycles. The van der Waals surface area contributed by atoms with E-state index in [1.165, 1.54) is 23.9 Å². The van der Waals surface area contributed by atoms with Gasteiger partial charge in [0.15, 0.2) is 0 Å². The van der Waals surface area contributed by atoms with E-state index in [9.17, 15) is 9.90 Å². The zero-order valence-electron chi connectivity index (χ0n) is 11.1. The smallest absolute Gasteiger partial charge is 0.277 e. The summed E-state index contributed by atoms with van der Waals surface area (Å²) in [5.74, 6) is -0.0956. The molecule has 2 aromatic rings. The summed E-state index contributed by atoms with van der Waals surface area (Å²) in [5, 5.41) is 9.50. The maximum absolute atomic E-state index is 12.6. The minimum atomic E-state index is -0.157. The predicted octanol–water partition coefficient (Wildman–Crippen LogP) is 2.77. The van der Waals surface area contributed by atoms with Crippen LogP contribution < -0.4 is 4.90 Å². The summed E-state index contributed by atoms with van der Waals surface area (Å²) in [5.41, 5.74) is 2.43. The van der Waals surface area contributed by atoms with Gasteiger partial charge in [0, 0.05) is 24.5 Å². The first-order chi connectivity index (χ1) is 9.75. The van der Waals surface area contributed by atoms with Gasteiger partial charge in [0.1, 0.15) is 11.4 Å². The number of carbonyl (C=O) groups is 1. The largest absolute Gasteiger partial charge is 0.508 e. The van der Waals surface area contributed by atoms with Gasteiger partial charge in [-0.3, -0.25) is 9.78 Å². The Hall–Kier alpha value is -2.36. The monoisotopic (exact) mass is 268 g/mol. The number of anilines is 1. The van der Waals surface area contributed by atoms with E-state index in [0.29, 0.717) is 6.54 Å². The molecule has 0 saturated heterocycles. The number of carbonyl (C=O) groups excluding carboxylic acids is 1. The van der Waals surface area contributed by atoms with Crippen LogP contribution in [0.25, 0.3) is 0 Å². The molecule has 2 heterocycles. The molecule has 1 aliphatic heterocycles. The second-order valence-corrected chi connectivity index (χ2v) is 4.94. The molecule has 1 aromatic carbocycles. The highest BCUT2D eigenvalue weighted by molar-refractivity contribution is 6.05. The number of pyridine rings is 1. The van der Waals surface area contributed by atoms with Crippen LogP contribution in [0.3, 0.4) is 0 Å². The summed E-state index contributed by atoms with van der Waals surface area (Å²) >= 11 is 0. The molecule has 0 saturated carbocycles. The van der Waals surface area contributed by atoms with Crippen molar-refractivity contribution in [2.24, 2.45) is 0 Å². The highest BCUT2D eigenvalue weighted by atomic mass is 16.3. The molecule has 0 unspecified atom stereocenters. The predicted molar refractivity (Wildman–Crippen MR) is 77.0 cm³/mol. The Morgan fingerprint density at radius 2 is 2.05 bits per heavy atom. The minimum absolute atomic E-state index is 0.0615. The number of aromatic nitrogens is 1. The number of nitrogens with zero attached hydrogens (tertiary/aromatic N) is 2. The van der Waals surface area contributed by atoms with E-state index in [2.05, 4.69) is 11.1 Å². The van der Waals surface area contributed by atoms with Crippen LogP contribution in [-0.2, 0) is 6.42 Å². The first-order valence-corrected chi connectivity index (χ1v) is 6.80. The van der Waals surface area contributed by atoms with Crippen LogP contribution in [0.2, 0.25) is 0 Å². The van der Waals surface area contributed by atoms with Gasteiger partial charge in [-0.05, 0) is 37.0 Å².